The average molecular weight is 277 g/mol. The van der Waals surface area contributed by atoms with Crippen LogP contribution < -0.4 is 5.32 Å². The maximum atomic E-state index is 12.7. The number of hydrogen-bond donors (Lipinski definition) is 2. The van der Waals surface area contributed by atoms with Crippen molar-refractivity contribution in [2.24, 2.45) is 0 Å². The monoisotopic (exact) mass is 277 g/mol. The van der Waals surface area contributed by atoms with Gasteiger partial charge in [-0.25, -0.2) is 4.98 Å². The first kappa shape index (κ1) is 15.7. The summed E-state index contributed by atoms with van der Waals surface area (Å²) < 4.78 is 38.2. The van der Waals surface area contributed by atoms with Crippen LogP contribution >= 0.6 is 0 Å². The van der Waals surface area contributed by atoms with Crippen molar-refractivity contribution >= 4 is 5.82 Å². The molecule has 0 amide bonds. The van der Waals surface area contributed by atoms with Crippen molar-refractivity contribution in [1.29, 1.82) is 0 Å². The third-order valence-electron chi connectivity index (χ3n) is 2.41. The summed E-state index contributed by atoms with van der Waals surface area (Å²) in [6.07, 6.45) is -3.19. The van der Waals surface area contributed by atoms with E-state index in [2.05, 4.69) is 10.3 Å². The minimum atomic E-state index is -4.47. The first-order valence-electron chi connectivity index (χ1n) is 5.75. The summed E-state index contributed by atoms with van der Waals surface area (Å²) in [5.41, 5.74) is -1.99. The lowest BCUT2D eigenvalue weighted by Crippen LogP contribution is -2.43. The first-order valence-corrected chi connectivity index (χ1v) is 5.75. The highest BCUT2D eigenvalue weighted by molar-refractivity contribution is 5.45. The van der Waals surface area contributed by atoms with Gasteiger partial charge in [0, 0.05) is 19.3 Å². The summed E-state index contributed by atoms with van der Waals surface area (Å²) in [4.78, 5) is 5.43. The highest BCUT2D eigenvalue weighted by Crippen LogP contribution is 2.33. The lowest BCUT2D eigenvalue weighted by molar-refractivity contribution is -0.137. The van der Waals surface area contributed by atoms with E-state index in [9.17, 15) is 18.3 Å². The molecule has 0 radical (unpaired) electrons. The van der Waals surface area contributed by atoms with E-state index in [0.29, 0.717) is 6.54 Å². The minimum absolute atomic E-state index is 0.0225. The molecule has 0 spiro atoms. The van der Waals surface area contributed by atoms with Crippen LogP contribution in [0.5, 0.6) is 0 Å². The van der Waals surface area contributed by atoms with Gasteiger partial charge in [-0.2, -0.15) is 13.2 Å². The Hall–Kier alpha value is -1.34. The summed E-state index contributed by atoms with van der Waals surface area (Å²) in [5, 5.41) is 12.6. The van der Waals surface area contributed by atoms with Crippen molar-refractivity contribution in [2.75, 3.05) is 32.5 Å². The number of aromatic nitrogens is 1. The van der Waals surface area contributed by atoms with Crippen LogP contribution in [-0.4, -0.2) is 47.8 Å². The molecule has 1 aromatic rings. The number of hydrogen-bond acceptors (Lipinski definition) is 4. The zero-order chi connectivity index (χ0) is 14.7. The number of rotatable bonds is 5. The van der Waals surface area contributed by atoms with Gasteiger partial charge in [0.05, 0.1) is 11.2 Å². The number of likely N-dealkylation sites (N-methyl/N-ethyl adjacent to an activating group) is 1. The van der Waals surface area contributed by atoms with Gasteiger partial charge in [0.1, 0.15) is 5.82 Å². The second kappa shape index (κ2) is 5.75. The number of nitrogens with zero attached hydrogens (tertiary/aromatic N) is 2. The van der Waals surface area contributed by atoms with Crippen LogP contribution in [0.15, 0.2) is 18.3 Å². The second-order valence-corrected chi connectivity index (χ2v) is 4.99. The van der Waals surface area contributed by atoms with E-state index < -0.39 is 17.3 Å². The molecule has 19 heavy (non-hydrogen) atoms. The van der Waals surface area contributed by atoms with E-state index in [4.69, 9.17) is 0 Å². The summed E-state index contributed by atoms with van der Waals surface area (Å²) in [6, 6.07) is 2.18. The SMILES string of the molecule is CN(C)CC(C)(O)CNc1ncccc1C(F)(F)F. The van der Waals surface area contributed by atoms with Crippen molar-refractivity contribution in [2.45, 2.75) is 18.7 Å². The molecule has 0 saturated heterocycles. The summed E-state index contributed by atoms with van der Waals surface area (Å²) in [7, 11) is 3.55. The first-order chi connectivity index (χ1) is 8.62. The number of pyridine rings is 1. The molecular formula is C12H18F3N3O. The molecule has 0 bridgehead atoms. The van der Waals surface area contributed by atoms with E-state index in [0.717, 1.165) is 6.07 Å². The van der Waals surface area contributed by atoms with Gasteiger partial charge in [-0.05, 0) is 33.2 Å². The highest BCUT2D eigenvalue weighted by Gasteiger charge is 2.34. The van der Waals surface area contributed by atoms with E-state index in [-0.39, 0.29) is 12.4 Å². The van der Waals surface area contributed by atoms with Crippen LogP contribution in [0.25, 0.3) is 0 Å². The Kier molecular flexibility index (Phi) is 4.75. The van der Waals surface area contributed by atoms with Crippen LogP contribution in [0.2, 0.25) is 0 Å². The fraction of sp³-hybridized carbons (Fsp3) is 0.583. The maximum Gasteiger partial charge on any atom is 0.419 e. The van der Waals surface area contributed by atoms with E-state index in [1.54, 1.807) is 25.9 Å². The minimum Gasteiger partial charge on any atom is -0.387 e. The molecule has 1 rings (SSSR count). The van der Waals surface area contributed by atoms with E-state index >= 15 is 0 Å². The molecule has 108 valence electrons. The number of halogens is 3. The second-order valence-electron chi connectivity index (χ2n) is 4.99. The Morgan fingerprint density at radius 2 is 2.00 bits per heavy atom. The van der Waals surface area contributed by atoms with Crippen molar-refractivity contribution in [1.82, 2.24) is 9.88 Å². The molecule has 1 heterocycles. The molecule has 7 heteroatoms. The standard InChI is InChI=1S/C12H18F3N3O/c1-11(19,8-18(2)3)7-17-10-9(12(13,14)15)5-4-6-16-10/h4-6,19H,7-8H2,1-3H3,(H,16,17). The van der Waals surface area contributed by atoms with Gasteiger partial charge in [0.2, 0.25) is 0 Å². The van der Waals surface area contributed by atoms with Crippen LogP contribution in [0, 0.1) is 0 Å². The van der Waals surface area contributed by atoms with Gasteiger partial charge in [0.15, 0.2) is 0 Å². The zero-order valence-electron chi connectivity index (χ0n) is 11.1. The Labute approximate surface area is 110 Å². The van der Waals surface area contributed by atoms with Gasteiger partial charge < -0.3 is 15.3 Å². The Morgan fingerprint density at radius 3 is 2.53 bits per heavy atom. The van der Waals surface area contributed by atoms with Crippen molar-refractivity contribution in [3.8, 4) is 0 Å². The Morgan fingerprint density at radius 1 is 1.37 bits per heavy atom. The lowest BCUT2D eigenvalue weighted by atomic mass is 10.1. The van der Waals surface area contributed by atoms with Gasteiger partial charge in [-0.15, -0.1) is 0 Å². The van der Waals surface area contributed by atoms with Crippen LogP contribution in [-0.2, 0) is 6.18 Å². The Balaban J connectivity index is 2.79. The van der Waals surface area contributed by atoms with E-state index in [1.165, 1.54) is 12.3 Å². The van der Waals surface area contributed by atoms with Crippen LogP contribution in [0.4, 0.5) is 19.0 Å². The largest absolute Gasteiger partial charge is 0.419 e. The van der Waals surface area contributed by atoms with Gasteiger partial charge in [-0.1, -0.05) is 0 Å². The quantitative estimate of drug-likeness (QED) is 0.862. The topological polar surface area (TPSA) is 48.4 Å². The molecule has 2 N–H and O–H groups in total. The van der Waals surface area contributed by atoms with Gasteiger partial charge >= 0.3 is 6.18 Å². The molecule has 0 aliphatic carbocycles. The number of anilines is 1. The predicted molar refractivity (Wildman–Crippen MR) is 66.9 cm³/mol. The smallest absolute Gasteiger partial charge is 0.387 e. The molecule has 0 aliphatic heterocycles. The average Bonchev–Trinajstić information content (AvgIpc) is 2.24. The third-order valence-corrected chi connectivity index (χ3v) is 2.41. The molecule has 0 aromatic carbocycles. The Bertz CT molecular complexity index is 419. The zero-order valence-corrected chi connectivity index (χ0v) is 11.1. The number of aliphatic hydroxyl groups is 1. The van der Waals surface area contributed by atoms with Crippen LogP contribution in [0.3, 0.4) is 0 Å². The third kappa shape index (κ3) is 5.04. The molecule has 0 saturated carbocycles. The summed E-state index contributed by atoms with van der Waals surface area (Å²) >= 11 is 0. The van der Waals surface area contributed by atoms with Gasteiger partial charge in [-0.3, -0.25) is 0 Å². The van der Waals surface area contributed by atoms with Crippen molar-refractivity contribution in [3.05, 3.63) is 23.9 Å². The number of nitrogens with one attached hydrogen (secondary N) is 1. The van der Waals surface area contributed by atoms with E-state index in [1.807, 2.05) is 0 Å². The molecular weight excluding hydrogens is 259 g/mol. The van der Waals surface area contributed by atoms with Crippen molar-refractivity contribution in [3.63, 3.8) is 0 Å². The van der Waals surface area contributed by atoms with Crippen molar-refractivity contribution < 1.29 is 18.3 Å². The molecule has 0 aliphatic rings. The number of alkyl halides is 3. The van der Waals surface area contributed by atoms with Crippen LogP contribution in [0.1, 0.15) is 12.5 Å². The lowest BCUT2D eigenvalue weighted by Gasteiger charge is -2.27. The normalized spacial score (nSPS) is 15.4. The maximum absolute atomic E-state index is 12.7. The molecule has 1 atom stereocenters. The summed E-state index contributed by atoms with van der Waals surface area (Å²) in [6.45, 7) is 1.86. The molecule has 1 aromatic heterocycles. The molecule has 0 fully saturated rings. The highest BCUT2D eigenvalue weighted by atomic mass is 19.4. The predicted octanol–water partition coefficient (Wildman–Crippen LogP) is 1.82. The molecule has 1 unspecified atom stereocenters. The fourth-order valence-electron chi connectivity index (χ4n) is 1.79. The fourth-order valence-corrected chi connectivity index (χ4v) is 1.79. The summed E-state index contributed by atoms with van der Waals surface area (Å²) in [5.74, 6) is -0.269. The van der Waals surface area contributed by atoms with Gasteiger partial charge in [0.25, 0.3) is 0 Å². The molecule has 4 nitrogen and oxygen atoms in total.